The molecule has 3 atom stereocenters. The van der Waals surface area contributed by atoms with Gasteiger partial charge in [0, 0.05) is 13.0 Å². The van der Waals surface area contributed by atoms with E-state index in [-0.39, 0.29) is 31.0 Å². The van der Waals surface area contributed by atoms with Gasteiger partial charge in [-0.15, -0.1) is 0 Å². The Bertz CT molecular complexity index is 799. The van der Waals surface area contributed by atoms with Crippen LogP contribution in [0.1, 0.15) is 45.1 Å². The highest BCUT2D eigenvalue weighted by Gasteiger charge is 2.44. The summed E-state index contributed by atoms with van der Waals surface area (Å²) in [5, 5.41) is 11.8. The number of carbonyl (C=O) groups is 3. The maximum absolute atomic E-state index is 12.2. The van der Waals surface area contributed by atoms with E-state index in [2.05, 4.69) is 5.32 Å². The number of rotatable bonds is 9. The van der Waals surface area contributed by atoms with Crippen molar-refractivity contribution in [1.82, 2.24) is 10.2 Å². The predicted molar refractivity (Wildman–Crippen MR) is 115 cm³/mol. The van der Waals surface area contributed by atoms with Gasteiger partial charge in [0.25, 0.3) is 0 Å². The topological polar surface area (TPSA) is 114 Å². The number of fused-ring (bicyclic) bond motifs is 1. The Morgan fingerprint density at radius 1 is 1.22 bits per heavy atom. The minimum Gasteiger partial charge on any atom is -0.480 e. The minimum atomic E-state index is -1.10. The lowest BCUT2D eigenvalue weighted by Crippen LogP contribution is -2.41. The van der Waals surface area contributed by atoms with Crippen molar-refractivity contribution >= 4 is 17.8 Å². The fourth-order valence-electron chi connectivity index (χ4n) is 4.11. The molecule has 0 saturated carbocycles. The number of aliphatic carboxylic acids is 1. The maximum atomic E-state index is 12.2. The van der Waals surface area contributed by atoms with Crippen molar-refractivity contribution in [2.75, 3.05) is 19.6 Å². The molecule has 32 heavy (non-hydrogen) atoms. The third-order valence-corrected chi connectivity index (χ3v) is 5.57. The number of nitrogens with zero attached hydrogens (tertiary/aromatic N) is 1. The summed E-state index contributed by atoms with van der Waals surface area (Å²) in [5.74, 6) is -1.67. The van der Waals surface area contributed by atoms with E-state index >= 15 is 0 Å². The number of hydrogen-bond acceptors (Lipinski definition) is 7. The zero-order valence-electron chi connectivity index (χ0n) is 18.6. The van der Waals surface area contributed by atoms with Gasteiger partial charge in [0.05, 0.1) is 12.6 Å². The molecule has 2 saturated heterocycles. The van der Waals surface area contributed by atoms with Gasteiger partial charge in [-0.3, -0.25) is 9.69 Å². The van der Waals surface area contributed by atoms with Crippen LogP contribution in [0.4, 0.5) is 4.79 Å². The molecule has 9 heteroatoms. The Morgan fingerprint density at radius 2 is 1.94 bits per heavy atom. The number of carbonyl (C=O) groups excluding carboxylic acids is 2. The van der Waals surface area contributed by atoms with Gasteiger partial charge >= 0.3 is 12.1 Å². The summed E-state index contributed by atoms with van der Waals surface area (Å²) in [6.45, 7) is 5.36. The number of alkyl carbamates (subject to hydrolysis) is 1. The van der Waals surface area contributed by atoms with Gasteiger partial charge in [-0.25, -0.2) is 9.59 Å². The van der Waals surface area contributed by atoms with E-state index in [1.807, 2.05) is 49.1 Å². The van der Waals surface area contributed by atoms with Crippen molar-refractivity contribution in [3.05, 3.63) is 35.9 Å². The van der Waals surface area contributed by atoms with Crippen LogP contribution in [0.5, 0.6) is 0 Å². The van der Waals surface area contributed by atoms with E-state index in [0.29, 0.717) is 38.9 Å². The van der Waals surface area contributed by atoms with Gasteiger partial charge < -0.3 is 24.6 Å². The number of nitrogens with one attached hydrogen (secondary N) is 1. The normalized spacial score (nSPS) is 23.8. The maximum Gasteiger partial charge on any atom is 0.408 e. The lowest BCUT2D eigenvalue weighted by atomic mass is 10.1. The molecule has 0 radical (unpaired) electrons. The molecule has 1 aromatic carbocycles. The Balaban J connectivity index is 1.40. The number of likely N-dealkylation sites (tertiary alicyclic amines) is 1. The second kappa shape index (κ2) is 10.9. The fourth-order valence-corrected chi connectivity index (χ4v) is 4.11. The number of carboxylic acids is 1. The molecule has 2 heterocycles. The highest BCUT2D eigenvalue weighted by atomic mass is 16.8. The molecule has 2 N–H and O–H groups in total. The van der Waals surface area contributed by atoms with Gasteiger partial charge in [-0.1, -0.05) is 30.3 Å². The zero-order chi connectivity index (χ0) is 23.1. The predicted octanol–water partition coefficient (Wildman–Crippen LogP) is 2.33. The number of hydrogen-bond donors (Lipinski definition) is 2. The molecule has 2 aliphatic rings. The molecule has 0 aliphatic carbocycles. The van der Waals surface area contributed by atoms with Crippen molar-refractivity contribution < 1.29 is 33.7 Å². The van der Waals surface area contributed by atoms with Gasteiger partial charge in [0.1, 0.15) is 24.5 Å². The summed E-state index contributed by atoms with van der Waals surface area (Å²) >= 11 is 0. The quantitative estimate of drug-likeness (QED) is 0.553. The van der Waals surface area contributed by atoms with Gasteiger partial charge in [0.2, 0.25) is 0 Å². The van der Waals surface area contributed by atoms with Crippen LogP contribution in [0.3, 0.4) is 0 Å². The van der Waals surface area contributed by atoms with E-state index in [4.69, 9.17) is 14.2 Å². The Morgan fingerprint density at radius 3 is 2.66 bits per heavy atom. The molecule has 0 unspecified atom stereocenters. The van der Waals surface area contributed by atoms with E-state index in [0.717, 1.165) is 5.56 Å². The van der Waals surface area contributed by atoms with Crippen LogP contribution in [0.15, 0.2) is 30.3 Å². The summed E-state index contributed by atoms with van der Waals surface area (Å²) in [5.41, 5.74) is 0.823. The molecule has 2 aliphatic heterocycles. The number of carboxylic acid groups (broad SMARTS) is 1. The summed E-state index contributed by atoms with van der Waals surface area (Å²) in [6.07, 6.45) is 0.772. The molecule has 9 nitrogen and oxygen atoms in total. The summed E-state index contributed by atoms with van der Waals surface area (Å²) in [6, 6.07) is 8.14. The van der Waals surface area contributed by atoms with E-state index in [1.165, 1.54) is 0 Å². The molecule has 2 fully saturated rings. The third-order valence-electron chi connectivity index (χ3n) is 5.57. The molecule has 176 valence electrons. The van der Waals surface area contributed by atoms with Crippen LogP contribution in [-0.2, 0) is 30.4 Å². The van der Waals surface area contributed by atoms with Crippen LogP contribution in [0, 0.1) is 0 Å². The number of Topliss-reactive ketones (excluding diaryl/α,β-unsaturated/α-hetero) is 1. The molecule has 1 amide bonds. The largest absolute Gasteiger partial charge is 0.480 e. The number of amides is 1. The lowest BCUT2D eigenvalue weighted by molar-refractivity contribution is -0.152. The number of ether oxygens (including phenoxy) is 3. The van der Waals surface area contributed by atoms with Crippen molar-refractivity contribution in [2.24, 2.45) is 0 Å². The number of benzene rings is 1. The molecular weight excluding hydrogens is 416 g/mol. The molecule has 0 spiro atoms. The third kappa shape index (κ3) is 7.29. The first-order chi connectivity index (χ1) is 15.2. The highest BCUT2D eigenvalue weighted by molar-refractivity contribution is 5.81. The fraction of sp³-hybridized carbons (Fsp3) is 0.609. The Kier molecular flexibility index (Phi) is 8.22. The van der Waals surface area contributed by atoms with Crippen molar-refractivity contribution in [3.63, 3.8) is 0 Å². The second-order valence-corrected chi connectivity index (χ2v) is 8.78. The van der Waals surface area contributed by atoms with Crippen LogP contribution >= 0.6 is 0 Å². The Hall–Kier alpha value is -2.49. The van der Waals surface area contributed by atoms with E-state index in [9.17, 15) is 19.5 Å². The standard InChI is InChI=1S/C23H32N2O7/c1-23(2)31-19-12-17(26)13-25(14-20(19)32-23)11-7-6-10-18(21(27)28)24-22(29)30-15-16-8-4-3-5-9-16/h3-5,8-9,18-20H,6-7,10-15H2,1-2H3,(H,24,29)(H,27,28)/t18-,19-,20+/m0/s1. The van der Waals surface area contributed by atoms with Gasteiger partial charge in [0.15, 0.2) is 5.79 Å². The lowest BCUT2D eigenvalue weighted by Gasteiger charge is -2.24. The van der Waals surface area contributed by atoms with E-state index < -0.39 is 23.9 Å². The highest BCUT2D eigenvalue weighted by Crippen LogP contribution is 2.32. The zero-order valence-corrected chi connectivity index (χ0v) is 18.6. The van der Waals surface area contributed by atoms with Crippen LogP contribution in [0.25, 0.3) is 0 Å². The molecule has 0 bridgehead atoms. The number of unbranched alkanes of at least 4 members (excludes halogenated alkanes) is 1. The van der Waals surface area contributed by atoms with Crippen LogP contribution in [0.2, 0.25) is 0 Å². The van der Waals surface area contributed by atoms with Crippen LogP contribution in [-0.4, -0.2) is 71.5 Å². The van der Waals surface area contributed by atoms with Gasteiger partial charge in [-0.2, -0.15) is 0 Å². The monoisotopic (exact) mass is 448 g/mol. The number of ketones is 1. The van der Waals surface area contributed by atoms with Crippen LogP contribution < -0.4 is 5.32 Å². The smallest absolute Gasteiger partial charge is 0.408 e. The molecule has 3 rings (SSSR count). The Labute approximate surface area is 188 Å². The van der Waals surface area contributed by atoms with Crippen molar-refractivity contribution in [1.29, 1.82) is 0 Å². The SMILES string of the molecule is CC1(C)O[C@H]2CC(=O)CN(CCCC[C@H](NC(=O)OCc3ccccc3)C(=O)O)C[C@H]2O1. The summed E-state index contributed by atoms with van der Waals surface area (Å²) < 4.78 is 16.9. The molecular formula is C23H32N2O7. The first-order valence-corrected chi connectivity index (χ1v) is 11.0. The van der Waals surface area contributed by atoms with E-state index in [1.54, 1.807) is 0 Å². The first-order valence-electron chi connectivity index (χ1n) is 11.0. The second-order valence-electron chi connectivity index (χ2n) is 8.78. The molecule has 1 aromatic rings. The van der Waals surface area contributed by atoms with Crippen molar-refractivity contribution in [2.45, 2.75) is 70.2 Å². The van der Waals surface area contributed by atoms with Gasteiger partial charge in [-0.05, 0) is 45.2 Å². The first kappa shape index (κ1) is 24.2. The minimum absolute atomic E-state index is 0.0761. The average molecular weight is 449 g/mol. The average Bonchev–Trinajstić information content (AvgIpc) is 2.93. The molecule has 0 aromatic heterocycles. The summed E-state index contributed by atoms with van der Waals surface area (Å²) in [4.78, 5) is 37.8. The van der Waals surface area contributed by atoms with Crippen molar-refractivity contribution in [3.8, 4) is 0 Å². The summed E-state index contributed by atoms with van der Waals surface area (Å²) in [7, 11) is 0.